The van der Waals surface area contributed by atoms with Gasteiger partial charge in [-0.1, -0.05) is 0 Å². The maximum atomic E-state index is 11.4. The van der Waals surface area contributed by atoms with E-state index in [-0.39, 0.29) is 5.25 Å². The summed E-state index contributed by atoms with van der Waals surface area (Å²) in [6.07, 6.45) is 4.36. The third-order valence-electron chi connectivity index (χ3n) is 2.58. The van der Waals surface area contributed by atoms with Gasteiger partial charge in [-0.3, -0.25) is 0 Å². The molecule has 1 fully saturated rings. The van der Waals surface area contributed by atoms with E-state index in [0.29, 0.717) is 5.75 Å². The molecule has 1 N–H and O–H groups in total. The molecular formula is C10H21NO2S. The molecule has 0 saturated heterocycles. The largest absolute Gasteiger partial charge is 0.314 e. The van der Waals surface area contributed by atoms with Crippen molar-refractivity contribution in [3.05, 3.63) is 0 Å². The van der Waals surface area contributed by atoms with Gasteiger partial charge in [-0.05, 0) is 46.1 Å². The Balaban J connectivity index is 2.02. The van der Waals surface area contributed by atoms with Crippen LogP contribution in [0.2, 0.25) is 0 Å². The fraction of sp³-hybridized carbons (Fsp3) is 1.00. The summed E-state index contributed by atoms with van der Waals surface area (Å²) in [4.78, 5) is 0. The van der Waals surface area contributed by atoms with Gasteiger partial charge in [-0.25, -0.2) is 8.42 Å². The van der Waals surface area contributed by atoms with Crippen molar-refractivity contribution in [1.82, 2.24) is 5.32 Å². The lowest BCUT2D eigenvalue weighted by molar-refractivity contribution is 0.578. The molecule has 4 heteroatoms. The van der Waals surface area contributed by atoms with Crippen LogP contribution < -0.4 is 5.32 Å². The Hall–Kier alpha value is -0.0900. The topological polar surface area (TPSA) is 46.2 Å². The number of hydrogen-bond acceptors (Lipinski definition) is 3. The third kappa shape index (κ3) is 4.42. The van der Waals surface area contributed by atoms with Crippen LogP contribution in [0.5, 0.6) is 0 Å². The molecule has 3 nitrogen and oxygen atoms in total. The summed E-state index contributed by atoms with van der Waals surface area (Å²) in [6, 6.07) is 0.733. The van der Waals surface area contributed by atoms with Crippen molar-refractivity contribution in [1.29, 1.82) is 0 Å². The first-order chi connectivity index (χ1) is 6.52. The molecule has 0 radical (unpaired) electrons. The Morgan fingerprint density at radius 2 is 1.93 bits per heavy atom. The zero-order valence-electron chi connectivity index (χ0n) is 9.12. The quantitative estimate of drug-likeness (QED) is 0.657. The summed E-state index contributed by atoms with van der Waals surface area (Å²) in [6.45, 7) is 4.47. The zero-order chi connectivity index (χ0) is 10.6. The van der Waals surface area contributed by atoms with Crippen molar-refractivity contribution in [2.24, 2.45) is 0 Å². The Morgan fingerprint density at radius 3 is 2.43 bits per heavy atom. The lowest BCUT2D eigenvalue weighted by Crippen LogP contribution is -2.21. The Kier molecular flexibility index (Phi) is 4.38. The molecule has 0 atom stereocenters. The summed E-state index contributed by atoms with van der Waals surface area (Å²) in [5.74, 6) is 0.344. The van der Waals surface area contributed by atoms with E-state index in [9.17, 15) is 8.42 Å². The summed E-state index contributed by atoms with van der Waals surface area (Å²) >= 11 is 0. The summed E-state index contributed by atoms with van der Waals surface area (Å²) in [5, 5.41) is 3.15. The highest BCUT2D eigenvalue weighted by molar-refractivity contribution is 7.91. The average Bonchev–Trinajstić information content (AvgIpc) is 2.87. The molecule has 1 aliphatic carbocycles. The van der Waals surface area contributed by atoms with Crippen LogP contribution in [0, 0.1) is 0 Å². The van der Waals surface area contributed by atoms with E-state index in [4.69, 9.17) is 0 Å². The van der Waals surface area contributed by atoms with Gasteiger partial charge in [0, 0.05) is 6.04 Å². The van der Waals surface area contributed by atoms with Crippen LogP contribution in [-0.4, -0.2) is 32.0 Å². The summed E-state index contributed by atoms with van der Waals surface area (Å²) < 4.78 is 22.8. The third-order valence-corrected chi connectivity index (χ3v) is 4.88. The van der Waals surface area contributed by atoms with Gasteiger partial charge >= 0.3 is 0 Å². The van der Waals surface area contributed by atoms with Crippen molar-refractivity contribution in [3.8, 4) is 0 Å². The van der Waals surface area contributed by atoms with Crippen LogP contribution >= 0.6 is 0 Å². The van der Waals surface area contributed by atoms with Crippen LogP contribution in [0.1, 0.15) is 39.5 Å². The van der Waals surface area contributed by atoms with E-state index < -0.39 is 9.84 Å². The molecule has 1 aliphatic rings. The van der Waals surface area contributed by atoms with Crippen LogP contribution in [-0.2, 0) is 9.84 Å². The normalized spacial score (nSPS) is 17.6. The highest BCUT2D eigenvalue weighted by Gasteiger charge is 2.20. The van der Waals surface area contributed by atoms with Crippen LogP contribution in [0.3, 0.4) is 0 Å². The van der Waals surface area contributed by atoms with Gasteiger partial charge in [-0.15, -0.1) is 0 Å². The lowest BCUT2D eigenvalue weighted by atomic mass is 10.3. The first kappa shape index (κ1) is 12.0. The molecular weight excluding hydrogens is 198 g/mol. The van der Waals surface area contributed by atoms with Gasteiger partial charge in [0.2, 0.25) is 0 Å². The molecule has 0 aromatic carbocycles. The Morgan fingerprint density at radius 1 is 1.29 bits per heavy atom. The molecule has 0 amide bonds. The smallest absolute Gasteiger partial charge is 0.152 e. The minimum Gasteiger partial charge on any atom is -0.314 e. The standard InChI is InChI=1S/C10H21NO2S/c1-9(2)14(12,13)8-4-3-7-11-10-5-6-10/h9-11H,3-8H2,1-2H3. The van der Waals surface area contributed by atoms with Gasteiger partial charge in [0.15, 0.2) is 9.84 Å². The maximum absolute atomic E-state index is 11.4. The van der Waals surface area contributed by atoms with E-state index in [1.54, 1.807) is 13.8 Å². The number of unbranched alkanes of at least 4 members (excludes halogenated alkanes) is 1. The number of hydrogen-bond donors (Lipinski definition) is 1. The van der Waals surface area contributed by atoms with Crippen molar-refractivity contribution < 1.29 is 8.42 Å². The average molecular weight is 219 g/mol. The minimum absolute atomic E-state index is 0.223. The second kappa shape index (κ2) is 5.12. The monoisotopic (exact) mass is 219 g/mol. The molecule has 0 spiro atoms. The second-order valence-electron chi connectivity index (χ2n) is 4.35. The molecule has 14 heavy (non-hydrogen) atoms. The van der Waals surface area contributed by atoms with Crippen molar-refractivity contribution in [2.75, 3.05) is 12.3 Å². The molecule has 1 saturated carbocycles. The molecule has 84 valence electrons. The lowest BCUT2D eigenvalue weighted by Gasteiger charge is -2.07. The van der Waals surface area contributed by atoms with Crippen molar-refractivity contribution >= 4 is 9.84 Å². The molecule has 0 aliphatic heterocycles. The second-order valence-corrected chi connectivity index (χ2v) is 7.03. The van der Waals surface area contributed by atoms with Crippen LogP contribution in [0.25, 0.3) is 0 Å². The van der Waals surface area contributed by atoms with Gasteiger partial charge in [0.1, 0.15) is 0 Å². The van der Waals surface area contributed by atoms with E-state index in [1.165, 1.54) is 12.8 Å². The van der Waals surface area contributed by atoms with E-state index >= 15 is 0 Å². The zero-order valence-corrected chi connectivity index (χ0v) is 9.94. The first-order valence-corrected chi connectivity index (χ1v) is 7.19. The highest BCUT2D eigenvalue weighted by Crippen LogP contribution is 2.18. The summed E-state index contributed by atoms with van der Waals surface area (Å²) in [5.41, 5.74) is 0. The van der Waals surface area contributed by atoms with Gasteiger partial charge in [0.05, 0.1) is 11.0 Å². The minimum atomic E-state index is -2.81. The fourth-order valence-electron chi connectivity index (χ4n) is 1.26. The molecule has 0 aromatic rings. The number of rotatable bonds is 7. The van der Waals surface area contributed by atoms with Gasteiger partial charge < -0.3 is 5.32 Å². The molecule has 0 heterocycles. The first-order valence-electron chi connectivity index (χ1n) is 5.47. The molecule has 0 unspecified atom stereocenters. The molecule has 0 aromatic heterocycles. The number of sulfone groups is 1. The molecule has 0 bridgehead atoms. The van der Waals surface area contributed by atoms with Crippen LogP contribution in [0.4, 0.5) is 0 Å². The van der Waals surface area contributed by atoms with E-state index in [1.807, 2.05) is 0 Å². The fourth-order valence-corrected chi connectivity index (χ4v) is 2.34. The molecule has 1 rings (SSSR count). The van der Waals surface area contributed by atoms with E-state index in [2.05, 4.69) is 5.32 Å². The van der Waals surface area contributed by atoms with Crippen molar-refractivity contribution in [3.63, 3.8) is 0 Å². The van der Waals surface area contributed by atoms with Crippen molar-refractivity contribution in [2.45, 2.75) is 50.8 Å². The van der Waals surface area contributed by atoms with Crippen LogP contribution in [0.15, 0.2) is 0 Å². The maximum Gasteiger partial charge on any atom is 0.152 e. The Labute approximate surface area is 87.2 Å². The summed E-state index contributed by atoms with van der Waals surface area (Å²) in [7, 11) is -2.81. The SMILES string of the molecule is CC(C)S(=O)(=O)CCCCNC1CC1. The Bertz CT molecular complexity index is 255. The number of nitrogens with one attached hydrogen (secondary N) is 1. The predicted molar refractivity (Wildman–Crippen MR) is 59.2 cm³/mol. The van der Waals surface area contributed by atoms with Gasteiger partial charge in [-0.2, -0.15) is 0 Å². The van der Waals surface area contributed by atoms with Gasteiger partial charge in [0.25, 0.3) is 0 Å². The highest BCUT2D eigenvalue weighted by atomic mass is 32.2. The van der Waals surface area contributed by atoms with E-state index in [0.717, 1.165) is 25.4 Å². The predicted octanol–water partition coefficient (Wildman–Crippen LogP) is 1.34.